The lowest BCUT2D eigenvalue weighted by Crippen LogP contribution is -2.18. The van der Waals surface area contributed by atoms with Crippen LogP contribution in [0.5, 0.6) is 0 Å². The Morgan fingerprint density at radius 1 is 1.12 bits per heavy atom. The summed E-state index contributed by atoms with van der Waals surface area (Å²) in [5, 5.41) is 1.31. The predicted molar refractivity (Wildman–Crippen MR) is 100 cm³/mol. The molecule has 0 saturated carbocycles. The maximum absolute atomic E-state index is 4.30. The van der Waals surface area contributed by atoms with Crippen molar-refractivity contribution in [2.75, 3.05) is 20.1 Å². The maximum atomic E-state index is 4.30. The van der Waals surface area contributed by atoms with Gasteiger partial charge in [-0.05, 0) is 62.8 Å². The van der Waals surface area contributed by atoms with E-state index < -0.39 is 0 Å². The maximum Gasteiger partial charge on any atom is 0.115 e. The van der Waals surface area contributed by atoms with Gasteiger partial charge in [0.05, 0.1) is 5.69 Å². The molecule has 5 nitrogen and oxygen atoms in total. The number of nitrogens with zero attached hydrogens (tertiary/aromatic N) is 4. The van der Waals surface area contributed by atoms with E-state index in [1.54, 1.807) is 12.5 Å². The fourth-order valence-corrected chi connectivity index (χ4v) is 3.66. The van der Waals surface area contributed by atoms with E-state index >= 15 is 0 Å². The molecule has 0 bridgehead atoms. The van der Waals surface area contributed by atoms with E-state index in [1.165, 1.54) is 48.1 Å². The highest BCUT2D eigenvalue weighted by atomic mass is 15.1. The normalized spacial score (nSPS) is 15.4. The Kier molecular flexibility index (Phi) is 4.76. The molecule has 3 heterocycles. The Morgan fingerprint density at radius 3 is 2.80 bits per heavy atom. The molecular formula is C20H25N5. The Balaban J connectivity index is 1.43. The minimum atomic E-state index is 0.827. The van der Waals surface area contributed by atoms with E-state index in [9.17, 15) is 0 Å². The van der Waals surface area contributed by atoms with Crippen LogP contribution in [0.1, 0.15) is 29.8 Å². The Hall–Kier alpha value is -2.24. The quantitative estimate of drug-likeness (QED) is 0.751. The lowest BCUT2D eigenvalue weighted by atomic mass is 10.1. The third kappa shape index (κ3) is 4.06. The highest BCUT2D eigenvalue weighted by Gasteiger charge is 2.13. The first kappa shape index (κ1) is 16.2. The second kappa shape index (κ2) is 7.33. The number of likely N-dealkylation sites (tertiary alicyclic amines) is 1. The fourth-order valence-electron chi connectivity index (χ4n) is 3.66. The van der Waals surface area contributed by atoms with Crippen molar-refractivity contribution >= 4 is 10.9 Å². The molecule has 1 aliphatic rings. The van der Waals surface area contributed by atoms with Gasteiger partial charge in [-0.1, -0.05) is 6.07 Å². The molecule has 0 atom stereocenters. The predicted octanol–water partition coefficient (Wildman–Crippen LogP) is 3.19. The van der Waals surface area contributed by atoms with Gasteiger partial charge < -0.3 is 4.98 Å². The van der Waals surface area contributed by atoms with Crippen LogP contribution in [0.4, 0.5) is 0 Å². The molecule has 2 aromatic heterocycles. The summed E-state index contributed by atoms with van der Waals surface area (Å²) in [6.45, 7) is 5.24. The second-order valence-electron chi connectivity index (χ2n) is 7.07. The van der Waals surface area contributed by atoms with Gasteiger partial charge in [0.25, 0.3) is 0 Å². The van der Waals surface area contributed by atoms with Crippen LogP contribution >= 0.6 is 0 Å². The SMILES string of the molecule is CN(Cc1ccc2[nH]c(CN3CCCC3)cc2c1)Cc1ccncn1. The second-order valence-corrected chi connectivity index (χ2v) is 7.07. The molecule has 0 spiro atoms. The molecule has 5 heteroatoms. The smallest absolute Gasteiger partial charge is 0.115 e. The lowest BCUT2D eigenvalue weighted by molar-refractivity contribution is 0.315. The van der Waals surface area contributed by atoms with Gasteiger partial charge >= 0.3 is 0 Å². The highest BCUT2D eigenvalue weighted by Crippen LogP contribution is 2.20. The average molecular weight is 335 g/mol. The lowest BCUT2D eigenvalue weighted by Gasteiger charge is -2.16. The molecule has 0 aliphatic carbocycles. The molecule has 1 fully saturated rings. The number of rotatable bonds is 6. The summed E-state index contributed by atoms with van der Waals surface area (Å²) in [4.78, 5) is 16.7. The van der Waals surface area contributed by atoms with Gasteiger partial charge in [-0.3, -0.25) is 9.80 Å². The molecule has 3 aromatic rings. The minimum absolute atomic E-state index is 0.827. The van der Waals surface area contributed by atoms with E-state index in [0.717, 1.165) is 25.3 Å². The summed E-state index contributed by atoms with van der Waals surface area (Å²) in [7, 11) is 2.13. The van der Waals surface area contributed by atoms with Crippen molar-refractivity contribution < 1.29 is 0 Å². The van der Waals surface area contributed by atoms with Crippen LogP contribution in [0.25, 0.3) is 10.9 Å². The number of H-pyrrole nitrogens is 1. The van der Waals surface area contributed by atoms with Crippen molar-refractivity contribution in [1.29, 1.82) is 0 Å². The van der Waals surface area contributed by atoms with Gasteiger partial charge in [-0.25, -0.2) is 9.97 Å². The highest BCUT2D eigenvalue weighted by molar-refractivity contribution is 5.81. The summed E-state index contributed by atoms with van der Waals surface area (Å²) in [5.41, 5.74) is 4.93. The van der Waals surface area contributed by atoms with Gasteiger partial charge in [0.15, 0.2) is 0 Å². The third-order valence-electron chi connectivity index (χ3n) is 4.86. The zero-order valence-electron chi connectivity index (χ0n) is 14.8. The molecule has 1 saturated heterocycles. The fraction of sp³-hybridized carbons (Fsp3) is 0.400. The van der Waals surface area contributed by atoms with E-state index in [2.05, 4.69) is 56.1 Å². The van der Waals surface area contributed by atoms with E-state index in [-0.39, 0.29) is 0 Å². The van der Waals surface area contributed by atoms with Gasteiger partial charge in [-0.2, -0.15) is 0 Å². The van der Waals surface area contributed by atoms with Crippen LogP contribution in [0.2, 0.25) is 0 Å². The molecule has 0 radical (unpaired) electrons. The molecule has 130 valence electrons. The zero-order valence-corrected chi connectivity index (χ0v) is 14.8. The molecule has 25 heavy (non-hydrogen) atoms. The van der Waals surface area contributed by atoms with Crippen LogP contribution in [-0.2, 0) is 19.6 Å². The van der Waals surface area contributed by atoms with Crippen LogP contribution in [0.3, 0.4) is 0 Å². The largest absolute Gasteiger partial charge is 0.357 e. The number of hydrogen-bond donors (Lipinski definition) is 1. The number of hydrogen-bond acceptors (Lipinski definition) is 4. The molecule has 1 aliphatic heterocycles. The summed E-state index contributed by atoms with van der Waals surface area (Å²) < 4.78 is 0. The van der Waals surface area contributed by atoms with Gasteiger partial charge in [0.2, 0.25) is 0 Å². The third-order valence-corrected chi connectivity index (χ3v) is 4.86. The Bertz CT molecular complexity index is 820. The van der Waals surface area contributed by atoms with Crippen molar-refractivity contribution in [1.82, 2.24) is 24.8 Å². The number of fused-ring (bicyclic) bond motifs is 1. The van der Waals surface area contributed by atoms with Gasteiger partial charge in [-0.15, -0.1) is 0 Å². The molecule has 0 amide bonds. The first-order valence-electron chi connectivity index (χ1n) is 9.02. The van der Waals surface area contributed by atoms with Crippen molar-refractivity contribution in [3.8, 4) is 0 Å². The first-order valence-corrected chi connectivity index (χ1v) is 9.02. The average Bonchev–Trinajstić information content (AvgIpc) is 3.24. The van der Waals surface area contributed by atoms with Crippen LogP contribution in [-0.4, -0.2) is 44.9 Å². The molecule has 1 N–H and O–H groups in total. The van der Waals surface area contributed by atoms with E-state index in [1.807, 2.05) is 6.07 Å². The van der Waals surface area contributed by atoms with E-state index in [0.29, 0.717) is 0 Å². The Labute approximate surface area is 148 Å². The summed E-state index contributed by atoms with van der Waals surface area (Å²) >= 11 is 0. The first-order chi connectivity index (χ1) is 12.3. The summed E-state index contributed by atoms with van der Waals surface area (Å²) in [5.74, 6) is 0. The number of nitrogens with one attached hydrogen (secondary N) is 1. The molecule has 0 unspecified atom stereocenters. The van der Waals surface area contributed by atoms with E-state index in [4.69, 9.17) is 0 Å². The molecule has 4 rings (SSSR count). The zero-order chi connectivity index (χ0) is 17.1. The van der Waals surface area contributed by atoms with Crippen LogP contribution in [0.15, 0.2) is 42.9 Å². The van der Waals surface area contributed by atoms with Gasteiger partial charge in [0, 0.05) is 42.4 Å². The van der Waals surface area contributed by atoms with Crippen molar-refractivity contribution in [2.24, 2.45) is 0 Å². The monoisotopic (exact) mass is 335 g/mol. The molecular weight excluding hydrogens is 310 g/mol. The number of aromatic nitrogens is 3. The summed E-state index contributed by atoms with van der Waals surface area (Å²) in [6, 6.07) is 11.0. The standard InChI is InChI=1S/C20H25N5/c1-24(13-18-6-7-21-15-22-18)12-16-4-5-20-17(10-16)11-19(23-20)14-25-8-2-3-9-25/h4-7,10-11,15,23H,2-3,8-9,12-14H2,1H3. The van der Waals surface area contributed by atoms with Crippen molar-refractivity contribution in [3.05, 3.63) is 59.8 Å². The minimum Gasteiger partial charge on any atom is -0.357 e. The topological polar surface area (TPSA) is 48.1 Å². The summed E-state index contributed by atoms with van der Waals surface area (Å²) in [6.07, 6.45) is 6.08. The van der Waals surface area contributed by atoms with Crippen molar-refractivity contribution in [2.45, 2.75) is 32.5 Å². The Morgan fingerprint density at radius 2 is 2.00 bits per heavy atom. The number of aromatic amines is 1. The van der Waals surface area contributed by atoms with Crippen molar-refractivity contribution in [3.63, 3.8) is 0 Å². The van der Waals surface area contributed by atoms with Crippen LogP contribution in [0, 0.1) is 0 Å². The molecule has 1 aromatic carbocycles. The van der Waals surface area contributed by atoms with Crippen LogP contribution < -0.4 is 0 Å². The number of benzene rings is 1. The van der Waals surface area contributed by atoms with Gasteiger partial charge in [0.1, 0.15) is 6.33 Å².